The van der Waals surface area contributed by atoms with Gasteiger partial charge in [0.1, 0.15) is 5.70 Å². The molecule has 2 aromatic carbocycles. The van der Waals surface area contributed by atoms with Crippen molar-refractivity contribution in [2.75, 3.05) is 6.54 Å². The molecule has 26 heavy (non-hydrogen) atoms. The van der Waals surface area contributed by atoms with Crippen LogP contribution in [0.3, 0.4) is 0 Å². The van der Waals surface area contributed by atoms with Gasteiger partial charge in [-0.15, -0.1) is 11.3 Å². The number of hydrogen-bond donors (Lipinski definition) is 3. The first-order valence-electron chi connectivity index (χ1n) is 8.10. The highest BCUT2D eigenvalue weighted by Crippen LogP contribution is 2.20. The SMILES string of the molecule is O=C1NC(=NCC(O)c2ccccc2)N/C1=C\c1ccc2ncsc2c1. The van der Waals surface area contributed by atoms with Gasteiger partial charge in [-0.05, 0) is 29.3 Å². The molecule has 130 valence electrons. The third kappa shape index (κ3) is 3.49. The van der Waals surface area contributed by atoms with E-state index in [9.17, 15) is 9.90 Å². The van der Waals surface area contributed by atoms with Crippen molar-refractivity contribution in [2.24, 2.45) is 4.99 Å². The van der Waals surface area contributed by atoms with Gasteiger partial charge in [-0.1, -0.05) is 36.4 Å². The van der Waals surface area contributed by atoms with Gasteiger partial charge in [0.05, 0.1) is 28.4 Å². The monoisotopic (exact) mass is 364 g/mol. The molecule has 1 aromatic heterocycles. The molecule has 0 radical (unpaired) electrons. The van der Waals surface area contributed by atoms with Crippen LogP contribution in [-0.2, 0) is 4.79 Å². The summed E-state index contributed by atoms with van der Waals surface area (Å²) in [5.74, 6) is 0.0949. The van der Waals surface area contributed by atoms with E-state index in [1.807, 2.05) is 48.5 Å². The summed E-state index contributed by atoms with van der Waals surface area (Å²) in [6.07, 6.45) is 1.05. The highest BCUT2D eigenvalue weighted by molar-refractivity contribution is 7.16. The minimum Gasteiger partial charge on any atom is -0.386 e. The van der Waals surface area contributed by atoms with Crippen LogP contribution in [0.15, 0.2) is 64.7 Å². The number of thiazole rings is 1. The largest absolute Gasteiger partial charge is 0.386 e. The van der Waals surface area contributed by atoms with E-state index in [0.717, 1.165) is 21.3 Å². The minimum atomic E-state index is -0.718. The standard InChI is InChI=1S/C19H16N4O2S/c24-16(13-4-2-1-3-5-13)10-20-19-22-15(18(25)23-19)8-12-6-7-14-17(9-12)26-11-21-14/h1-9,11,16,24H,10H2,(H2,20,22,23,25)/b15-8-. The van der Waals surface area contributed by atoms with E-state index in [1.54, 1.807) is 22.9 Å². The van der Waals surface area contributed by atoms with Crippen LogP contribution in [0.5, 0.6) is 0 Å². The zero-order valence-corrected chi connectivity index (χ0v) is 14.5. The molecule has 0 aliphatic carbocycles. The molecule has 1 atom stereocenters. The molecule has 1 aliphatic heterocycles. The number of carbonyl (C=O) groups excluding carboxylic acids is 1. The van der Waals surface area contributed by atoms with E-state index in [0.29, 0.717) is 11.7 Å². The topological polar surface area (TPSA) is 86.6 Å². The Hall–Kier alpha value is -3.03. The summed E-state index contributed by atoms with van der Waals surface area (Å²) in [5, 5.41) is 15.8. The second-order valence-electron chi connectivity index (χ2n) is 5.83. The lowest BCUT2D eigenvalue weighted by atomic mass is 10.1. The third-order valence-corrected chi connectivity index (χ3v) is 4.79. The van der Waals surface area contributed by atoms with Crippen LogP contribution in [0.4, 0.5) is 0 Å². The summed E-state index contributed by atoms with van der Waals surface area (Å²) in [4.78, 5) is 20.6. The molecule has 3 aromatic rings. The molecule has 2 heterocycles. The van der Waals surface area contributed by atoms with Crippen molar-refractivity contribution in [1.29, 1.82) is 0 Å². The molecule has 1 fully saturated rings. The molecule has 1 unspecified atom stereocenters. The Balaban J connectivity index is 1.47. The summed E-state index contributed by atoms with van der Waals surface area (Å²) < 4.78 is 1.07. The molecule has 6 nitrogen and oxygen atoms in total. The van der Waals surface area contributed by atoms with Crippen LogP contribution in [0.1, 0.15) is 17.2 Å². The molecule has 0 bridgehead atoms. The molecule has 7 heteroatoms. The molecule has 1 aliphatic rings. The number of aliphatic hydroxyl groups excluding tert-OH is 1. The van der Waals surface area contributed by atoms with E-state index in [1.165, 1.54) is 0 Å². The highest BCUT2D eigenvalue weighted by atomic mass is 32.1. The van der Waals surface area contributed by atoms with Crippen LogP contribution in [-0.4, -0.2) is 28.5 Å². The van der Waals surface area contributed by atoms with E-state index in [2.05, 4.69) is 20.6 Å². The summed E-state index contributed by atoms with van der Waals surface area (Å²) in [6, 6.07) is 15.1. The smallest absolute Gasteiger partial charge is 0.274 e. The molecule has 1 saturated heterocycles. The van der Waals surface area contributed by atoms with Gasteiger partial charge < -0.3 is 10.4 Å². The predicted molar refractivity (Wildman–Crippen MR) is 103 cm³/mol. The van der Waals surface area contributed by atoms with Gasteiger partial charge in [-0.3, -0.25) is 10.1 Å². The maximum Gasteiger partial charge on any atom is 0.274 e. The molecule has 0 spiro atoms. The van der Waals surface area contributed by atoms with Gasteiger partial charge in [0.25, 0.3) is 5.91 Å². The normalized spacial score (nSPS) is 18.3. The third-order valence-electron chi connectivity index (χ3n) is 4.00. The highest BCUT2D eigenvalue weighted by Gasteiger charge is 2.22. The Bertz CT molecular complexity index is 1010. The zero-order valence-electron chi connectivity index (χ0n) is 13.7. The first-order valence-corrected chi connectivity index (χ1v) is 8.98. The van der Waals surface area contributed by atoms with Crippen molar-refractivity contribution in [1.82, 2.24) is 15.6 Å². The Kier molecular flexibility index (Phi) is 4.47. The van der Waals surface area contributed by atoms with E-state index in [4.69, 9.17) is 0 Å². The maximum absolute atomic E-state index is 12.1. The fourth-order valence-electron chi connectivity index (χ4n) is 2.66. The lowest BCUT2D eigenvalue weighted by molar-refractivity contribution is -0.115. The van der Waals surface area contributed by atoms with Crippen LogP contribution >= 0.6 is 11.3 Å². The average molecular weight is 364 g/mol. The second-order valence-corrected chi connectivity index (χ2v) is 6.72. The van der Waals surface area contributed by atoms with Gasteiger partial charge in [0.15, 0.2) is 0 Å². The molecule has 0 saturated carbocycles. The van der Waals surface area contributed by atoms with Gasteiger partial charge in [0.2, 0.25) is 5.96 Å². The van der Waals surface area contributed by atoms with Crippen LogP contribution < -0.4 is 10.6 Å². The molecule has 1 amide bonds. The number of aromatic nitrogens is 1. The van der Waals surface area contributed by atoms with Crippen molar-refractivity contribution in [3.05, 3.63) is 70.9 Å². The predicted octanol–water partition coefficient (Wildman–Crippen LogP) is 2.45. The number of hydrogen-bond acceptors (Lipinski definition) is 5. The van der Waals surface area contributed by atoms with Gasteiger partial charge in [-0.2, -0.15) is 0 Å². The lowest BCUT2D eigenvalue weighted by Gasteiger charge is -2.08. The number of carbonyl (C=O) groups is 1. The fourth-order valence-corrected chi connectivity index (χ4v) is 3.38. The number of aliphatic hydroxyl groups is 1. The van der Waals surface area contributed by atoms with Crippen molar-refractivity contribution in [2.45, 2.75) is 6.10 Å². The number of nitrogens with zero attached hydrogens (tertiary/aromatic N) is 2. The summed E-state index contributed by atoms with van der Waals surface area (Å²) >= 11 is 1.56. The number of amides is 1. The summed E-state index contributed by atoms with van der Waals surface area (Å²) in [7, 11) is 0. The fraction of sp³-hybridized carbons (Fsp3) is 0.105. The quantitative estimate of drug-likeness (QED) is 0.621. The zero-order chi connectivity index (χ0) is 17.9. The first kappa shape index (κ1) is 16.4. The van der Waals surface area contributed by atoms with Crippen LogP contribution in [0, 0.1) is 0 Å². The van der Waals surface area contributed by atoms with Gasteiger partial charge >= 0.3 is 0 Å². The van der Waals surface area contributed by atoms with Gasteiger partial charge in [0, 0.05) is 0 Å². The van der Waals surface area contributed by atoms with Crippen molar-refractivity contribution in [3.8, 4) is 0 Å². The molecular weight excluding hydrogens is 348 g/mol. The Morgan fingerprint density at radius 2 is 2.04 bits per heavy atom. The number of fused-ring (bicyclic) bond motifs is 1. The Morgan fingerprint density at radius 1 is 1.19 bits per heavy atom. The lowest BCUT2D eigenvalue weighted by Crippen LogP contribution is -2.26. The maximum atomic E-state index is 12.1. The second kappa shape index (κ2) is 7.07. The number of guanidine groups is 1. The van der Waals surface area contributed by atoms with E-state index >= 15 is 0 Å². The van der Waals surface area contributed by atoms with Crippen molar-refractivity contribution >= 4 is 39.5 Å². The van der Waals surface area contributed by atoms with Gasteiger partial charge in [-0.25, -0.2) is 9.98 Å². The Morgan fingerprint density at radius 3 is 2.88 bits per heavy atom. The van der Waals surface area contributed by atoms with E-state index in [-0.39, 0.29) is 12.5 Å². The van der Waals surface area contributed by atoms with E-state index < -0.39 is 6.10 Å². The van der Waals surface area contributed by atoms with Crippen molar-refractivity contribution in [3.63, 3.8) is 0 Å². The average Bonchev–Trinajstić information content (AvgIpc) is 3.27. The molecule has 4 rings (SSSR count). The number of aliphatic imine (C=N–C) groups is 1. The van der Waals surface area contributed by atoms with Crippen LogP contribution in [0.25, 0.3) is 16.3 Å². The summed E-state index contributed by atoms with van der Waals surface area (Å²) in [5.41, 5.74) is 4.85. The number of benzene rings is 2. The molecular formula is C19H16N4O2S. The first-order chi connectivity index (χ1) is 12.7. The molecule has 3 N–H and O–H groups in total. The minimum absolute atomic E-state index is 0.159. The number of rotatable bonds is 4. The van der Waals surface area contributed by atoms with Crippen molar-refractivity contribution < 1.29 is 9.90 Å². The summed E-state index contributed by atoms with van der Waals surface area (Å²) in [6.45, 7) is 0.159. The van der Waals surface area contributed by atoms with Crippen LogP contribution in [0.2, 0.25) is 0 Å². The number of nitrogens with one attached hydrogen (secondary N) is 2. The Labute approximate surface area is 153 Å².